The fourth-order valence-electron chi connectivity index (χ4n) is 4.35. The SMILES string of the molecule is COc1cc(C(=O)N2CC[C@]3(c4ccc(F)cc4)OCOC3C2)ccc1COCCC(F)(F)F. The molecule has 0 saturated carbocycles. The van der Waals surface area contributed by atoms with Crippen LogP contribution in [-0.4, -0.2) is 56.7 Å². The number of hydrogen-bond donors (Lipinski definition) is 0. The Bertz CT molecular complexity index is 1010. The zero-order chi connectivity index (χ0) is 24.3. The van der Waals surface area contributed by atoms with Crippen molar-refractivity contribution < 1.29 is 41.3 Å². The summed E-state index contributed by atoms with van der Waals surface area (Å²) in [6.45, 7) is 0.258. The number of alkyl halides is 3. The first-order valence-electron chi connectivity index (χ1n) is 10.8. The molecule has 1 amide bonds. The molecule has 2 aromatic carbocycles. The molecule has 6 nitrogen and oxygen atoms in total. The third kappa shape index (κ3) is 5.18. The summed E-state index contributed by atoms with van der Waals surface area (Å²) in [6, 6.07) is 10.9. The minimum absolute atomic E-state index is 0.0646. The molecular weight excluding hydrogens is 458 g/mol. The minimum atomic E-state index is -4.28. The molecule has 184 valence electrons. The second kappa shape index (κ2) is 9.89. The van der Waals surface area contributed by atoms with Crippen molar-refractivity contribution >= 4 is 5.91 Å². The molecule has 0 spiro atoms. The van der Waals surface area contributed by atoms with Gasteiger partial charge in [0.25, 0.3) is 5.91 Å². The van der Waals surface area contributed by atoms with Crippen molar-refractivity contribution in [2.45, 2.75) is 37.3 Å². The van der Waals surface area contributed by atoms with Crippen LogP contribution in [0.4, 0.5) is 17.6 Å². The van der Waals surface area contributed by atoms with E-state index >= 15 is 0 Å². The van der Waals surface area contributed by atoms with Gasteiger partial charge in [-0.2, -0.15) is 13.2 Å². The van der Waals surface area contributed by atoms with Crippen LogP contribution in [0.2, 0.25) is 0 Å². The van der Waals surface area contributed by atoms with Crippen LogP contribution in [0.5, 0.6) is 5.75 Å². The number of benzene rings is 2. The lowest BCUT2D eigenvalue weighted by Gasteiger charge is -2.42. The van der Waals surface area contributed by atoms with Crippen LogP contribution in [0, 0.1) is 5.82 Å². The summed E-state index contributed by atoms with van der Waals surface area (Å²) in [5.41, 5.74) is 0.992. The second-order valence-corrected chi connectivity index (χ2v) is 8.26. The first-order chi connectivity index (χ1) is 16.2. The van der Waals surface area contributed by atoms with Crippen molar-refractivity contribution in [3.05, 3.63) is 65.0 Å². The fraction of sp³-hybridized carbons (Fsp3) is 0.458. The Kier molecular flexibility index (Phi) is 7.11. The molecule has 0 radical (unpaired) electrons. The van der Waals surface area contributed by atoms with E-state index in [0.29, 0.717) is 36.4 Å². The molecule has 2 aliphatic rings. The van der Waals surface area contributed by atoms with Crippen molar-refractivity contribution in [1.29, 1.82) is 0 Å². The third-order valence-electron chi connectivity index (χ3n) is 6.19. The van der Waals surface area contributed by atoms with Crippen molar-refractivity contribution in [2.75, 3.05) is 33.6 Å². The predicted octanol–water partition coefficient (Wildman–Crippen LogP) is 4.42. The smallest absolute Gasteiger partial charge is 0.391 e. The van der Waals surface area contributed by atoms with E-state index in [2.05, 4.69) is 0 Å². The van der Waals surface area contributed by atoms with Gasteiger partial charge in [-0.05, 0) is 29.8 Å². The van der Waals surface area contributed by atoms with Crippen molar-refractivity contribution in [1.82, 2.24) is 4.90 Å². The van der Waals surface area contributed by atoms with Gasteiger partial charge in [-0.3, -0.25) is 4.79 Å². The number of piperidine rings is 1. The molecule has 0 bridgehead atoms. The summed E-state index contributed by atoms with van der Waals surface area (Å²) in [7, 11) is 1.42. The molecule has 0 aliphatic carbocycles. The first-order valence-corrected chi connectivity index (χ1v) is 10.8. The van der Waals surface area contributed by atoms with Crippen LogP contribution in [0.15, 0.2) is 42.5 Å². The quantitative estimate of drug-likeness (QED) is 0.431. The molecule has 4 rings (SSSR count). The molecule has 10 heteroatoms. The number of halogens is 4. The number of likely N-dealkylation sites (tertiary alicyclic amines) is 1. The average molecular weight is 483 g/mol. The van der Waals surface area contributed by atoms with Gasteiger partial charge in [0, 0.05) is 24.1 Å². The van der Waals surface area contributed by atoms with E-state index in [9.17, 15) is 22.4 Å². The summed E-state index contributed by atoms with van der Waals surface area (Å²) in [5.74, 6) is -0.214. The minimum Gasteiger partial charge on any atom is -0.496 e. The van der Waals surface area contributed by atoms with Gasteiger partial charge in [0.05, 0.1) is 33.3 Å². The third-order valence-corrected chi connectivity index (χ3v) is 6.19. The molecule has 2 fully saturated rings. The topological polar surface area (TPSA) is 57.2 Å². The van der Waals surface area contributed by atoms with E-state index in [0.717, 1.165) is 5.56 Å². The Labute approximate surface area is 194 Å². The Morgan fingerprint density at radius 3 is 2.68 bits per heavy atom. The van der Waals surface area contributed by atoms with Crippen molar-refractivity contribution in [3.8, 4) is 5.75 Å². The zero-order valence-corrected chi connectivity index (χ0v) is 18.6. The average Bonchev–Trinajstić information content (AvgIpc) is 3.25. The summed E-state index contributed by atoms with van der Waals surface area (Å²) in [5, 5.41) is 0. The van der Waals surface area contributed by atoms with Gasteiger partial charge in [0.2, 0.25) is 0 Å². The molecule has 0 N–H and O–H groups in total. The maximum atomic E-state index is 13.4. The maximum Gasteiger partial charge on any atom is 0.391 e. The van der Waals surface area contributed by atoms with E-state index < -0.39 is 30.9 Å². The van der Waals surface area contributed by atoms with Crippen LogP contribution in [0.1, 0.15) is 34.3 Å². The molecule has 2 heterocycles. The molecule has 2 saturated heterocycles. The second-order valence-electron chi connectivity index (χ2n) is 8.26. The van der Waals surface area contributed by atoms with E-state index in [-0.39, 0.29) is 25.1 Å². The Morgan fingerprint density at radius 2 is 1.97 bits per heavy atom. The highest BCUT2D eigenvalue weighted by molar-refractivity contribution is 5.95. The zero-order valence-electron chi connectivity index (χ0n) is 18.6. The lowest BCUT2D eigenvalue weighted by Crippen LogP contribution is -2.53. The van der Waals surface area contributed by atoms with Crippen LogP contribution >= 0.6 is 0 Å². The van der Waals surface area contributed by atoms with Crippen LogP contribution in [0.25, 0.3) is 0 Å². The predicted molar refractivity (Wildman–Crippen MR) is 113 cm³/mol. The summed E-state index contributed by atoms with van der Waals surface area (Å²) in [6.07, 6.45) is -5.24. The highest BCUT2D eigenvalue weighted by Gasteiger charge is 2.51. The Hall–Kier alpha value is -2.69. The lowest BCUT2D eigenvalue weighted by molar-refractivity contribution is -0.146. The largest absolute Gasteiger partial charge is 0.496 e. The number of amides is 1. The van der Waals surface area contributed by atoms with Crippen LogP contribution < -0.4 is 4.74 Å². The lowest BCUT2D eigenvalue weighted by atomic mass is 9.82. The molecular formula is C24H25F4NO5. The normalized spacial score (nSPS) is 22.5. The van der Waals surface area contributed by atoms with E-state index in [1.54, 1.807) is 35.2 Å². The van der Waals surface area contributed by atoms with Gasteiger partial charge in [0.1, 0.15) is 30.1 Å². The number of ether oxygens (including phenoxy) is 4. The van der Waals surface area contributed by atoms with Crippen LogP contribution in [-0.2, 0) is 26.4 Å². The van der Waals surface area contributed by atoms with Gasteiger partial charge in [-0.15, -0.1) is 0 Å². The van der Waals surface area contributed by atoms with Crippen molar-refractivity contribution in [2.24, 2.45) is 0 Å². The Morgan fingerprint density at radius 1 is 1.21 bits per heavy atom. The number of nitrogens with zero attached hydrogens (tertiary/aromatic N) is 1. The molecule has 1 unspecified atom stereocenters. The van der Waals surface area contributed by atoms with Crippen LogP contribution in [0.3, 0.4) is 0 Å². The fourth-order valence-corrected chi connectivity index (χ4v) is 4.35. The van der Waals surface area contributed by atoms with Crippen molar-refractivity contribution in [3.63, 3.8) is 0 Å². The Balaban J connectivity index is 1.43. The van der Waals surface area contributed by atoms with Gasteiger partial charge in [-0.25, -0.2) is 4.39 Å². The van der Waals surface area contributed by atoms with E-state index in [1.165, 1.54) is 19.2 Å². The monoisotopic (exact) mass is 483 g/mol. The first kappa shape index (κ1) is 24.4. The summed E-state index contributed by atoms with van der Waals surface area (Å²) >= 11 is 0. The van der Waals surface area contributed by atoms with E-state index in [1.807, 2.05) is 0 Å². The molecule has 34 heavy (non-hydrogen) atoms. The standard InChI is InChI=1S/C24H25F4NO5/c1-31-20-12-16(2-3-17(20)14-32-11-9-24(26,27)28)22(30)29-10-8-23(21(13-29)33-15-34-23)18-4-6-19(25)7-5-18/h2-7,12,21H,8-11,13-15H2,1H3/t21?,23-/m1/s1. The molecule has 2 aromatic rings. The number of carbonyl (C=O) groups excluding carboxylic acids is 1. The maximum absolute atomic E-state index is 13.4. The number of fused-ring (bicyclic) bond motifs is 1. The van der Waals surface area contributed by atoms with Gasteiger partial charge in [-0.1, -0.05) is 18.2 Å². The number of methoxy groups -OCH3 is 1. The number of carbonyl (C=O) groups is 1. The van der Waals surface area contributed by atoms with Gasteiger partial charge < -0.3 is 23.8 Å². The summed E-state index contributed by atoms with van der Waals surface area (Å²) in [4.78, 5) is 14.9. The summed E-state index contributed by atoms with van der Waals surface area (Å²) < 4.78 is 72.4. The number of hydrogen-bond acceptors (Lipinski definition) is 5. The number of rotatable bonds is 7. The molecule has 0 aromatic heterocycles. The van der Waals surface area contributed by atoms with Gasteiger partial charge >= 0.3 is 6.18 Å². The molecule has 2 aliphatic heterocycles. The highest BCUT2D eigenvalue weighted by atomic mass is 19.4. The van der Waals surface area contributed by atoms with E-state index in [4.69, 9.17) is 18.9 Å². The van der Waals surface area contributed by atoms with Gasteiger partial charge in [0.15, 0.2) is 0 Å². The highest BCUT2D eigenvalue weighted by Crippen LogP contribution is 2.42. The molecule has 2 atom stereocenters.